The van der Waals surface area contributed by atoms with Crippen LogP contribution in [0, 0.1) is 0 Å². The maximum Gasteiger partial charge on any atom is 0.387 e. The first-order valence-electron chi connectivity index (χ1n) is 4.05. The molecule has 0 unspecified atom stereocenters. The predicted octanol–water partition coefficient (Wildman–Crippen LogP) is 1.43. The molecular formula is C8H10F2N2O2. The smallest absolute Gasteiger partial charge is 0.387 e. The third-order valence-corrected chi connectivity index (χ3v) is 1.54. The van der Waals surface area contributed by atoms with E-state index in [1.807, 2.05) is 0 Å². The summed E-state index contributed by atoms with van der Waals surface area (Å²) < 4.78 is 28.8. The van der Waals surface area contributed by atoms with Crippen molar-refractivity contribution in [2.24, 2.45) is 0 Å². The summed E-state index contributed by atoms with van der Waals surface area (Å²) in [7, 11) is 0. The standard InChI is InChI=1S/C8H10F2N2O2/c1-5(2)12-7(13)6(3-4-11-12)14-8(9)10/h3-5,8H,1-2H3. The highest BCUT2D eigenvalue weighted by atomic mass is 19.3. The van der Waals surface area contributed by atoms with Gasteiger partial charge in [-0.1, -0.05) is 0 Å². The van der Waals surface area contributed by atoms with Crippen LogP contribution in [0.2, 0.25) is 0 Å². The van der Waals surface area contributed by atoms with Gasteiger partial charge in [-0.25, -0.2) is 4.68 Å². The molecule has 0 saturated heterocycles. The fourth-order valence-corrected chi connectivity index (χ4v) is 0.963. The molecule has 14 heavy (non-hydrogen) atoms. The summed E-state index contributed by atoms with van der Waals surface area (Å²) in [5.74, 6) is -0.385. The summed E-state index contributed by atoms with van der Waals surface area (Å²) in [4.78, 5) is 11.4. The molecule has 78 valence electrons. The van der Waals surface area contributed by atoms with Gasteiger partial charge in [-0.15, -0.1) is 0 Å². The maximum absolute atomic E-state index is 11.8. The van der Waals surface area contributed by atoms with Gasteiger partial charge in [-0.05, 0) is 13.8 Å². The highest BCUT2D eigenvalue weighted by Crippen LogP contribution is 2.07. The summed E-state index contributed by atoms with van der Waals surface area (Å²) in [5.41, 5.74) is -0.650. The molecule has 0 saturated carbocycles. The molecule has 4 nitrogen and oxygen atoms in total. The van der Waals surface area contributed by atoms with Crippen LogP contribution in [0.25, 0.3) is 0 Å². The second-order valence-corrected chi connectivity index (χ2v) is 2.92. The Labute approximate surface area is 79.1 Å². The molecule has 0 N–H and O–H groups in total. The minimum absolute atomic E-state index is 0.191. The summed E-state index contributed by atoms with van der Waals surface area (Å²) in [6.45, 7) is 0.451. The molecule has 0 aliphatic heterocycles. The van der Waals surface area contributed by atoms with Crippen LogP contribution in [-0.4, -0.2) is 16.4 Å². The lowest BCUT2D eigenvalue weighted by Crippen LogP contribution is -2.26. The molecule has 0 aliphatic rings. The minimum atomic E-state index is -2.99. The highest BCUT2D eigenvalue weighted by molar-refractivity contribution is 5.14. The Bertz CT molecular complexity index is 363. The number of nitrogens with zero attached hydrogens (tertiary/aromatic N) is 2. The van der Waals surface area contributed by atoms with Crippen LogP contribution in [-0.2, 0) is 0 Å². The molecule has 1 rings (SSSR count). The highest BCUT2D eigenvalue weighted by Gasteiger charge is 2.11. The Morgan fingerprint density at radius 3 is 2.64 bits per heavy atom. The summed E-state index contributed by atoms with van der Waals surface area (Å²) >= 11 is 0. The number of rotatable bonds is 3. The first-order chi connectivity index (χ1) is 6.52. The fourth-order valence-electron chi connectivity index (χ4n) is 0.963. The van der Waals surface area contributed by atoms with Crippen LogP contribution >= 0.6 is 0 Å². The van der Waals surface area contributed by atoms with E-state index in [0.717, 1.165) is 10.7 Å². The molecule has 0 amide bonds. The molecule has 0 aromatic carbocycles. The molecule has 0 aliphatic carbocycles. The van der Waals surface area contributed by atoms with Crippen LogP contribution in [0.3, 0.4) is 0 Å². The Balaban J connectivity index is 3.08. The molecule has 1 aromatic heterocycles. The lowest BCUT2D eigenvalue weighted by molar-refractivity contribution is -0.0513. The van der Waals surface area contributed by atoms with Gasteiger partial charge in [0.05, 0.1) is 12.2 Å². The van der Waals surface area contributed by atoms with Gasteiger partial charge in [0.25, 0.3) is 0 Å². The molecule has 0 spiro atoms. The first-order valence-corrected chi connectivity index (χ1v) is 4.05. The van der Waals surface area contributed by atoms with E-state index in [2.05, 4.69) is 9.84 Å². The Kier molecular flexibility index (Phi) is 3.16. The van der Waals surface area contributed by atoms with Crippen LogP contribution in [0.5, 0.6) is 5.75 Å². The number of aromatic nitrogens is 2. The van der Waals surface area contributed by atoms with E-state index < -0.39 is 12.2 Å². The zero-order valence-corrected chi connectivity index (χ0v) is 7.78. The molecule has 1 heterocycles. The van der Waals surface area contributed by atoms with E-state index in [9.17, 15) is 13.6 Å². The lowest BCUT2D eigenvalue weighted by atomic mass is 10.4. The van der Waals surface area contributed by atoms with Crippen LogP contribution in [0.15, 0.2) is 17.1 Å². The SMILES string of the molecule is CC(C)n1nccc(OC(F)F)c1=O. The average Bonchev–Trinajstić information content (AvgIpc) is 2.07. The monoisotopic (exact) mass is 204 g/mol. The van der Waals surface area contributed by atoms with Crippen molar-refractivity contribution >= 4 is 0 Å². The quantitative estimate of drug-likeness (QED) is 0.748. The van der Waals surface area contributed by atoms with Gasteiger partial charge in [0.2, 0.25) is 0 Å². The number of ether oxygens (including phenoxy) is 1. The summed E-state index contributed by atoms with van der Waals surface area (Å²) in [6, 6.07) is 0.927. The lowest BCUT2D eigenvalue weighted by Gasteiger charge is -2.09. The Morgan fingerprint density at radius 2 is 2.14 bits per heavy atom. The fraction of sp³-hybridized carbons (Fsp3) is 0.500. The second-order valence-electron chi connectivity index (χ2n) is 2.92. The van der Waals surface area contributed by atoms with Crippen molar-refractivity contribution in [3.8, 4) is 5.75 Å². The van der Waals surface area contributed by atoms with Crippen LogP contribution in [0.1, 0.15) is 19.9 Å². The number of alkyl halides is 2. The largest absolute Gasteiger partial charge is 0.429 e. The van der Waals surface area contributed by atoms with Crippen molar-refractivity contribution in [3.63, 3.8) is 0 Å². The summed E-state index contributed by atoms with van der Waals surface area (Å²) in [5, 5.41) is 3.72. The summed E-state index contributed by atoms with van der Waals surface area (Å²) in [6.07, 6.45) is 1.25. The minimum Gasteiger partial charge on any atom is -0.429 e. The molecule has 0 bridgehead atoms. The maximum atomic E-state index is 11.8. The van der Waals surface area contributed by atoms with E-state index in [1.54, 1.807) is 13.8 Å². The zero-order valence-electron chi connectivity index (χ0n) is 7.78. The van der Waals surface area contributed by atoms with Gasteiger partial charge in [-0.3, -0.25) is 4.79 Å². The third kappa shape index (κ3) is 2.27. The second kappa shape index (κ2) is 4.17. The van der Waals surface area contributed by atoms with Crippen molar-refractivity contribution in [1.29, 1.82) is 0 Å². The van der Waals surface area contributed by atoms with Crippen LogP contribution < -0.4 is 10.3 Å². The number of hydrogen-bond acceptors (Lipinski definition) is 3. The van der Waals surface area contributed by atoms with Gasteiger partial charge in [0.1, 0.15) is 0 Å². The molecule has 0 radical (unpaired) electrons. The number of halogens is 2. The average molecular weight is 204 g/mol. The van der Waals surface area contributed by atoms with E-state index >= 15 is 0 Å². The van der Waals surface area contributed by atoms with E-state index in [4.69, 9.17) is 0 Å². The van der Waals surface area contributed by atoms with Crippen molar-refractivity contribution in [2.45, 2.75) is 26.5 Å². The van der Waals surface area contributed by atoms with Crippen molar-refractivity contribution in [3.05, 3.63) is 22.6 Å². The first kappa shape index (κ1) is 10.6. The molecule has 0 atom stereocenters. The van der Waals surface area contributed by atoms with Gasteiger partial charge < -0.3 is 4.74 Å². The molecular weight excluding hydrogens is 194 g/mol. The topological polar surface area (TPSA) is 44.1 Å². The van der Waals surface area contributed by atoms with E-state index in [1.165, 1.54) is 6.20 Å². The van der Waals surface area contributed by atoms with Crippen molar-refractivity contribution in [1.82, 2.24) is 9.78 Å². The normalized spacial score (nSPS) is 11.0. The third-order valence-electron chi connectivity index (χ3n) is 1.54. The molecule has 1 aromatic rings. The van der Waals surface area contributed by atoms with Crippen LogP contribution in [0.4, 0.5) is 8.78 Å². The van der Waals surface area contributed by atoms with Gasteiger partial charge in [0, 0.05) is 6.07 Å². The van der Waals surface area contributed by atoms with E-state index in [0.29, 0.717) is 0 Å². The molecule has 0 fully saturated rings. The number of hydrogen-bond donors (Lipinski definition) is 0. The van der Waals surface area contributed by atoms with Crippen molar-refractivity contribution < 1.29 is 13.5 Å². The Morgan fingerprint density at radius 1 is 1.50 bits per heavy atom. The Hall–Kier alpha value is -1.46. The zero-order chi connectivity index (χ0) is 10.7. The van der Waals surface area contributed by atoms with Gasteiger partial charge in [0.15, 0.2) is 5.75 Å². The van der Waals surface area contributed by atoms with Gasteiger partial charge >= 0.3 is 12.2 Å². The van der Waals surface area contributed by atoms with Gasteiger partial charge in [-0.2, -0.15) is 13.9 Å². The van der Waals surface area contributed by atoms with E-state index in [-0.39, 0.29) is 11.8 Å². The predicted molar refractivity (Wildman–Crippen MR) is 45.5 cm³/mol. The molecule has 6 heteroatoms. The van der Waals surface area contributed by atoms with Crippen molar-refractivity contribution in [2.75, 3.05) is 0 Å².